The minimum atomic E-state index is -0.0150. The molecule has 1 fully saturated rings. The normalized spacial score (nSPS) is 16.6. The standard InChI is InChI=1S/C22H23ClN6O2/c1-24-22(26-17-13-20(30)29(14-17)18-5-3-2-4-6-18)25-12-11-19-27-21(28-31-19)15-7-9-16(23)10-8-15/h2-10,17H,11-14H2,1H3,(H2,24,25,26). The molecule has 0 radical (unpaired) electrons. The number of halogens is 1. The molecule has 31 heavy (non-hydrogen) atoms. The van der Waals surface area contributed by atoms with E-state index in [1.54, 1.807) is 24.1 Å². The second-order valence-corrected chi connectivity index (χ2v) is 7.59. The van der Waals surface area contributed by atoms with Crippen LogP contribution in [0.2, 0.25) is 5.02 Å². The second kappa shape index (κ2) is 9.61. The molecule has 2 aromatic carbocycles. The molecule has 3 aromatic rings. The summed E-state index contributed by atoms with van der Waals surface area (Å²) >= 11 is 5.91. The number of benzene rings is 2. The Kier molecular flexibility index (Phi) is 6.47. The van der Waals surface area contributed by atoms with Gasteiger partial charge in [0.1, 0.15) is 0 Å². The lowest BCUT2D eigenvalue weighted by atomic mass is 10.2. The number of anilines is 1. The monoisotopic (exact) mass is 438 g/mol. The number of guanidine groups is 1. The molecule has 4 rings (SSSR count). The van der Waals surface area contributed by atoms with E-state index in [9.17, 15) is 4.79 Å². The van der Waals surface area contributed by atoms with Crippen molar-refractivity contribution in [3.05, 3.63) is 65.5 Å². The minimum absolute atomic E-state index is 0.0150. The molecule has 1 aliphatic rings. The summed E-state index contributed by atoms with van der Waals surface area (Å²) in [7, 11) is 1.70. The maximum absolute atomic E-state index is 12.4. The van der Waals surface area contributed by atoms with E-state index < -0.39 is 0 Å². The van der Waals surface area contributed by atoms with Gasteiger partial charge in [-0.25, -0.2) is 0 Å². The second-order valence-electron chi connectivity index (χ2n) is 7.15. The van der Waals surface area contributed by atoms with Crippen molar-refractivity contribution in [2.45, 2.75) is 18.9 Å². The number of amides is 1. The van der Waals surface area contributed by atoms with Gasteiger partial charge in [-0.05, 0) is 36.4 Å². The SMILES string of the molecule is CN=C(NCCc1nc(-c2ccc(Cl)cc2)no1)NC1CC(=O)N(c2ccccc2)C1. The minimum Gasteiger partial charge on any atom is -0.356 e. The average molecular weight is 439 g/mol. The highest BCUT2D eigenvalue weighted by Gasteiger charge is 2.31. The van der Waals surface area contributed by atoms with Gasteiger partial charge < -0.3 is 20.1 Å². The predicted molar refractivity (Wildman–Crippen MR) is 120 cm³/mol. The van der Waals surface area contributed by atoms with Gasteiger partial charge in [-0.2, -0.15) is 4.98 Å². The van der Waals surface area contributed by atoms with Crippen LogP contribution in [0.3, 0.4) is 0 Å². The summed E-state index contributed by atoms with van der Waals surface area (Å²) in [6.45, 7) is 1.16. The first kappa shape index (κ1) is 20.9. The Morgan fingerprint density at radius 3 is 2.74 bits per heavy atom. The first-order valence-corrected chi connectivity index (χ1v) is 10.4. The Hall–Kier alpha value is -3.39. The molecule has 2 N–H and O–H groups in total. The van der Waals surface area contributed by atoms with E-state index in [2.05, 4.69) is 25.8 Å². The summed E-state index contributed by atoms with van der Waals surface area (Å²) in [5.74, 6) is 1.78. The summed E-state index contributed by atoms with van der Waals surface area (Å²) in [4.78, 5) is 22.8. The first-order chi connectivity index (χ1) is 15.1. The third-order valence-electron chi connectivity index (χ3n) is 4.96. The molecule has 1 unspecified atom stereocenters. The zero-order valence-electron chi connectivity index (χ0n) is 17.1. The maximum atomic E-state index is 12.4. The van der Waals surface area contributed by atoms with Crippen molar-refractivity contribution in [3.63, 3.8) is 0 Å². The zero-order chi connectivity index (χ0) is 21.6. The summed E-state index contributed by atoms with van der Waals surface area (Å²) < 4.78 is 5.33. The fourth-order valence-electron chi connectivity index (χ4n) is 3.41. The smallest absolute Gasteiger partial charge is 0.229 e. The highest BCUT2D eigenvalue weighted by atomic mass is 35.5. The van der Waals surface area contributed by atoms with Crippen molar-refractivity contribution in [2.75, 3.05) is 25.0 Å². The van der Waals surface area contributed by atoms with E-state index in [0.29, 0.717) is 48.6 Å². The molecule has 2 heterocycles. The van der Waals surface area contributed by atoms with Gasteiger partial charge in [0, 0.05) is 49.3 Å². The van der Waals surface area contributed by atoms with Crippen molar-refractivity contribution in [1.29, 1.82) is 0 Å². The lowest BCUT2D eigenvalue weighted by Crippen LogP contribution is -2.45. The fraction of sp³-hybridized carbons (Fsp3) is 0.273. The maximum Gasteiger partial charge on any atom is 0.229 e. The number of aliphatic imine (C=N–C) groups is 1. The third kappa shape index (κ3) is 5.21. The molecule has 1 aliphatic heterocycles. The summed E-state index contributed by atoms with van der Waals surface area (Å²) in [6.07, 6.45) is 0.963. The average Bonchev–Trinajstić information content (AvgIpc) is 3.40. The Morgan fingerprint density at radius 2 is 2.00 bits per heavy atom. The van der Waals surface area contributed by atoms with Crippen molar-refractivity contribution >= 4 is 29.2 Å². The van der Waals surface area contributed by atoms with Crippen LogP contribution in [0.4, 0.5) is 5.69 Å². The van der Waals surface area contributed by atoms with E-state index in [4.69, 9.17) is 16.1 Å². The van der Waals surface area contributed by atoms with Crippen LogP contribution in [0.5, 0.6) is 0 Å². The molecule has 1 aromatic heterocycles. The van der Waals surface area contributed by atoms with Crippen molar-refractivity contribution < 1.29 is 9.32 Å². The van der Waals surface area contributed by atoms with E-state index >= 15 is 0 Å². The first-order valence-electron chi connectivity index (χ1n) is 10.0. The van der Waals surface area contributed by atoms with Gasteiger partial charge in [0.05, 0.1) is 6.04 Å². The molecule has 160 valence electrons. The molecule has 1 atom stereocenters. The molecule has 0 bridgehead atoms. The van der Waals surface area contributed by atoms with Crippen LogP contribution in [-0.2, 0) is 11.2 Å². The number of para-hydroxylation sites is 1. The van der Waals surface area contributed by atoms with Crippen molar-refractivity contribution in [2.24, 2.45) is 4.99 Å². The van der Waals surface area contributed by atoms with Crippen molar-refractivity contribution in [1.82, 2.24) is 20.8 Å². The van der Waals surface area contributed by atoms with Gasteiger partial charge in [0.25, 0.3) is 0 Å². The van der Waals surface area contributed by atoms with Gasteiger partial charge in [-0.15, -0.1) is 0 Å². The molecule has 1 saturated heterocycles. The Morgan fingerprint density at radius 1 is 1.23 bits per heavy atom. The largest absolute Gasteiger partial charge is 0.356 e. The number of carbonyl (C=O) groups is 1. The van der Waals surface area contributed by atoms with Gasteiger partial charge in [-0.1, -0.05) is 35.0 Å². The van der Waals surface area contributed by atoms with E-state index in [1.165, 1.54) is 0 Å². The van der Waals surface area contributed by atoms with Gasteiger partial charge in [-0.3, -0.25) is 9.79 Å². The van der Waals surface area contributed by atoms with Gasteiger partial charge >= 0.3 is 0 Å². The summed E-state index contributed by atoms with van der Waals surface area (Å²) in [5.41, 5.74) is 1.76. The molecule has 0 aliphatic carbocycles. The van der Waals surface area contributed by atoms with Crippen LogP contribution in [0, 0.1) is 0 Å². The zero-order valence-corrected chi connectivity index (χ0v) is 17.8. The van der Waals surface area contributed by atoms with E-state index in [-0.39, 0.29) is 11.9 Å². The highest BCUT2D eigenvalue weighted by molar-refractivity contribution is 6.30. The molecule has 9 heteroatoms. The molecule has 0 saturated carbocycles. The number of carbonyl (C=O) groups excluding carboxylic acids is 1. The molecule has 0 spiro atoms. The molecular formula is C22H23ClN6O2. The van der Waals surface area contributed by atoms with Crippen LogP contribution in [0.25, 0.3) is 11.4 Å². The Bertz CT molecular complexity index is 1050. The Labute approximate surface area is 185 Å². The third-order valence-corrected chi connectivity index (χ3v) is 5.21. The molecular weight excluding hydrogens is 416 g/mol. The summed E-state index contributed by atoms with van der Waals surface area (Å²) in [6, 6.07) is 16.9. The predicted octanol–water partition coefficient (Wildman–Crippen LogP) is 2.90. The number of nitrogens with zero attached hydrogens (tertiary/aromatic N) is 4. The quantitative estimate of drug-likeness (QED) is 0.454. The Balaban J connectivity index is 1.27. The lowest BCUT2D eigenvalue weighted by Gasteiger charge is -2.18. The van der Waals surface area contributed by atoms with E-state index in [1.807, 2.05) is 42.5 Å². The highest BCUT2D eigenvalue weighted by Crippen LogP contribution is 2.21. The van der Waals surface area contributed by atoms with Crippen LogP contribution in [0.15, 0.2) is 64.1 Å². The van der Waals surface area contributed by atoms with E-state index in [0.717, 1.165) is 11.3 Å². The van der Waals surface area contributed by atoms with Crippen LogP contribution in [0.1, 0.15) is 12.3 Å². The number of rotatable bonds is 6. The van der Waals surface area contributed by atoms with Crippen LogP contribution >= 0.6 is 11.6 Å². The van der Waals surface area contributed by atoms with Gasteiger partial charge in [0.2, 0.25) is 17.6 Å². The molecule has 1 amide bonds. The molecule has 8 nitrogen and oxygen atoms in total. The van der Waals surface area contributed by atoms with Gasteiger partial charge in [0.15, 0.2) is 5.96 Å². The number of nitrogens with one attached hydrogen (secondary N) is 2. The number of hydrogen-bond donors (Lipinski definition) is 2. The van der Waals surface area contributed by atoms with Crippen LogP contribution in [-0.4, -0.2) is 48.2 Å². The fourth-order valence-corrected chi connectivity index (χ4v) is 3.54. The topological polar surface area (TPSA) is 95.6 Å². The lowest BCUT2D eigenvalue weighted by molar-refractivity contribution is -0.117. The van der Waals surface area contributed by atoms with Crippen LogP contribution < -0.4 is 15.5 Å². The van der Waals surface area contributed by atoms with Crippen molar-refractivity contribution in [3.8, 4) is 11.4 Å². The summed E-state index contributed by atoms with van der Waals surface area (Å²) in [5, 5.41) is 11.2. The number of hydrogen-bond acceptors (Lipinski definition) is 5. The number of aromatic nitrogens is 2.